The number of nitrogen functional groups attached to an aromatic ring is 1. The van der Waals surface area contributed by atoms with Gasteiger partial charge in [-0.25, -0.2) is 0 Å². The van der Waals surface area contributed by atoms with E-state index in [1.807, 2.05) is 11.4 Å². The summed E-state index contributed by atoms with van der Waals surface area (Å²) in [4.78, 5) is 0. The fourth-order valence-corrected chi connectivity index (χ4v) is 2.53. The summed E-state index contributed by atoms with van der Waals surface area (Å²) < 4.78 is 6.48. The first-order chi connectivity index (χ1) is 6.77. The maximum Gasteiger partial charge on any atom is 0.137 e. The molecule has 0 atom stereocenters. The Morgan fingerprint density at radius 1 is 1.50 bits per heavy atom. The highest BCUT2D eigenvalue weighted by Crippen LogP contribution is 2.37. The van der Waals surface area contributed by atoms with Gasteiger partial charge in [-0.3, -0.25) is 0 Å². The molecule has 0 saturated heterocycles. The lowest BCUT2D eigenvalue weighted by Gasteiger charge is -2.08. The van der Waals surface area contributed by atoms with Crippen LogP contribution < -0.4 is 10.5 Å². The van der Waals surface area contributed by atoms with Gasteiger partial charge in [0.15, 0.2) is 0 Å². The first kappa shape index (κ1) is 9.34. The van der Waals surface area contributed by atoms with Crippen LogP contribution in [0, 0.1) is 0 Å². The minimum Gasteiger partial charge on any atom is -0.495 e. The molecule has 0 aliphatic carbocycles. The number of thiophene rings is 1. The summed E-state index contributed by atoms with van der Waals surface area (Å²) in [5, 5.41) is 3.16. The van der Waals surface area contributed by atoms with E-state index in [-0.39, 0.29) is 0 Å². The van der Waals surface area contributed by atoms with E-state index in [1.54, 1.807) is 18.4 Å². The van der Waals surface area contributed by atoms with Crippen molar-refractivity contribution in [3.8, 4) is 5.75 Å². The highest BCUT2D eigenvalue weighted by molar-refractivity contribution is 7.17. The van der Waals surface area contributed by atoms with E-state index in [0.717, 1.165) is 33.5 Å². The molecule has 1 aromatic carbocycles. The van der Waals surface area contributed by atoms with Gasteiger partial charge >= 0.3 is 0 Å². The van der Waals surface area contributed by atoms with E-state index in [4.69, 9.17) is 10.5 Å². The van der Waals surface area contributed by atoms with Crippen molar-refractivity contribution in [1.29, 1.82) is 0 Å². The van der Waals surface area contributed by atoms with Gasteiger partial charge in [-0.1, -0.05) is 6.92 Å². The zero-order valence-corrected chi connectivity index (χ0v) is 9.15. The Kier molecular flexibility index (Phi) is 2.33. The molecule has 0 bridgehead atoms. The molecular weight excluding hydrogens is 194 g/mol. The summed E-state index contributed by atoms with van der Waals surface area (Å²) in [6, 6.07) is 4.09. The summed E-state index contributed by atoms with van der Waals surface area (Å²) in [6.45, 7) is 2.10. The molecule has 0 aliphatic rings. The van der Waals surface area contributed by atoms with Gasteiger partial charge in [-0.2, -0.15) is 0 Å². The van der Waals surface area contributed by atoms with Crippen LogP contribution in [0.2, 0.25) is 0 Å². The molecule has 0 spiro atoms. The van der Waals surface area contributed by atoms with Crippen LogP contribution in [0.15, 0.2) is 17.5 Å². The van der Waals surface area contributed by atoms with E-state index >= 15 is 0 Å². The third-order valence-corrected chi connectivity index (χ3v) is 3.36. The summed E-state index contributed by atoms with van der Waals surface area (Å²) >= 11 is 1.67. The maximum atomic E-state index is 6.05. The van der Waals surface area contributed by atoms with Crippen LogP contribution in [0.1, 0.15) is 12.5 Å². The smallest absolute Gasteiger partial charge is 0.137 e. The monoisotopic (exact) mass is 207 g/mol. The van der Waals surface area contributed by atoms with Crippen LogP contribution in [-0.4, -0.2) is 7.11 Å². The summed E-state index contributed by atoms with van der Waals surface area (Å²) in [5.41, 5.74) is 8.10. The molecule has 74 valence electrons. The normalized spacial score (nSPS) is 10.7. The first-order valence-electron chi connectivity index (χ1n) is 4.60. The lowest BCUT2D eigenvalue weighted by atomic mass is 10.1. The average Bonchev–Trinajstić information content (AvgIpc) is 2.68. The largest absolute Gasteiger partial charge is 0.495 e. The number of benzene rings is 1. The van der Waals surface area contributed by atoms with Crippen molar-refractivity contribution in [2.24, 2.45) is 0 Å². The molecule has 0 amide bonds. The molecule has 0 saturated carbocycles. The van der Waals surface area contributed by atoms with Gasteiger partial charge in [0.1, 0.15) is 5.75 Å². The number of methoxy groups -OCH3 is 1. The number of nitrogens with two attached hydrogens (primary N) is 1. The predicted octanol–water partition coefficient (Wildman–Crippen LogP) is 3.05. The number of fused-ring (bicyclic) bond motifs is 1. The highest BCUT2D eigenvalue weighted by Gasteiger charge is 2.09. The van der Waals surface area contributed by atoms with E-state index in [9.17, 15) is 0 Å². The Labute approximate surface area is 87.3 Å². The molecule has 2 aromatic rings. The molecule has 0 fully saturated rings. The van der Waals surface area contributed by atoms with Crippen LogP contribution in [0.5, 0.6) is 5.75 Å². The lowest BCUT2D eigenvalue weighted by Crippen LogP contribution is -1.95. The Hall–Kier alpha value is -1.22. The van der Waals surface area contributed by atoms with Crippen LogP contribution in [0.3, 0.4) is 0 Å². The fourth-order valence-electron chi connectivity index (χ4n) is 1.63. The predicted molar refractivity (Wildman–Crippen MR) is 62.2 cm³/mol. The molecule has 2 N–H and O–H groups in total. The minimum absolute atomic E-state index is 0.893. The van der Waals surface area contributed by atoms with Crippen LogP contribution in [0.25, 0.3) is 10.1 Å². The van der Waals surface area contributed by atoms with Crippen molar-refractivity contribution >= 4 is 27.1 Å². The summed E-state index contributed by atoms with van der Waals surface area (Å²) in [5.74, 6) is 0.932. The Morgan fingerprint density at radius 2 is 2.29 bits per heavy atom. The fraction of sp³-hybridized carbons (Fsp3) is 0.273. The average molecular weight is 207 g/mol. The van der Waals surface area contributed by atoms with Crippen molar-refractivity contribution in [2.45, 2.75) is 13.3 Å². The maximum absolute atomic E-state index is 6.05. The molecule has 0 aliphatic heterocycles. The van der Waals surface area contributed by atoms with Gasteiger partial charge < -0.3 is 10.5 Å². The molecule has 14 heavy (non-hydrogen) atoms. The van der Waals surface area contributed by atoms with Crippen molar-refractivity contribution in [2.75, 3.05) is 12.8 Å². The molecule has 2 nitrogen and oxygen atoms in total. The quantitative estimate of drug-likeness (QED) is 0.768. The molecule has 3 heteroatoms. The van der Waals surface area contributed by atoms with E-state index < -0.39 is 0 Å². The lowest BCUT2D eigenvalue weighted by molar-refractivity contribution is 0.420. The van der Waals surface area contributed by atoms with Crippen molar-refractivity contribution in [3.63, 3.8) is 0 Å². The van der Waals surface area contributed by atoms with E-state index in [1.165, 1.54) is 0 Å². The summed E-state index contributed by atoms with van der Waals surface area (Å²) in [6.07, 6.45) is 0.938. The van der Waals surface area contributed by atoms with Gasteiger partial charge in [-0.15, -0.1) is 11.3 Å². The number of hydrogen-bond donors (Lipinski definition) is 1. The Bertz CT molecular complexity index is 462. The Balaban J connectivity index is 2.80. The second kappa shape index (κ2) is 3.50. The van der Waals surface area contributed by atoms with Gasteiger partial charge in [0.2, 0.25) is 0 Å². The van der Waals surface area contributed by atoms with Crippen molar-refractivity contribution in [1.82, 2.24) is 0 Å². The number of hydrogen-bond acceptors (Lipinski definition) is 3. The molecular formula is C11H13NOS. The SMILES string of the molecule is CCc1cc(OC)c2sccc2c1N. The third-order valence-electron chi connectivity index (χ3n) is 2.43. The molecule has 1 heterocycles. The molecule has 0 unspecified atom stereocenters. The highest BCUT2D eigenvalue weighted by atomic mass is 32.1. The van der Waals surface area contributed by atoms with Gasteiger partial charge in [0, 0.05) is 11.1 Å². The molecule has 0 radical (unpaired) electrons. The zero-order chi connectivity index (χ0) is 10.1. The van der Waals surface area contributed by atoms with Crippen molar-refractivity contribution in [3.05, 3.63) is 23.1 Å². The van der Waals surface area contributed by atoms with Gasteiger partial charge in [0.05, 0.1) is 11.8 Å². The minimum atomic E-state index is 0.893. The second-order valence-electron chi connectivity index (χ2n) is 3.17. The zero-order valence-electron chi connectivity index (χ0n) is 8.33. The van der Waals surface area contributed by atoms with Crippen LogP contribution in [-0.2, 0) is 6.42 Å². The summed E-state index contributed by atoms with van der Waals surface area (Å²) in [7, 11) is 1.70. The molecule has 1 aromatic heterocycles. The van der Waals surface area contributed by atoms with E-state index in [0.29, 0.717) is 0 Å². The number of anilines is 1. The standard InChI is InChI=1S/C11H13NOS/c1-3-7-6-9(13-2)11-8(10(7)12)4-5-14-11/h4-6H,3,12H2,1-2H3. The second-order valence-corrected chi connectivity index (χ2v) is 4.08. The number of aryl methyl sites for hydroxylation is 1. The topological polar surface area (TPSA) is 35.2 Å². The van der Waals surface area contributed by atoms with Crippen LogP contribution >= 0.6 is 11.3 Å². The van der Waals surface area contributed by atoms with Gasteiger partial charge in [0.25, 0.3) is 0 Å². The first-order valence-corrected chi connectivity index (χ1v) is 5.48. The molecule has 2 rings (SSSR count). The third kappa shape index (κ3) is 1.24. The van der Waals surface area contributed by atoms with Gasteiger partial charge in [-0.05, 0) is 29.5 Å². The Morgan fingerprint density at radius 3 is 2.93 bits per heavy atom. The van der Waals surface area contributed by atoms with Crippen LogP contribution in [0.4, 0.5) is 5.69 Å². The number of rotatable bonds is 2. The number of ether oxygens (including phenoxy) is 1. The van der Waals surface area contributed by atoms with Crippen molar-refractivity contribution < 1.29 is 4.74 Å². The van der Waals surface area contributed by atoms with E-state index in [2.05, 4.69) is 13.0 Å².